The Hall–Kier alpha value is -2.80. The molecule has 4 heteroatoms. The average Bonchev–Trinajstić information content (AvgIpc) is 2.53. The van der Waals surface area contributed by atoms with Crippen LogP contribution in [0.1, 0.15) is 27.0 Å². The molecule has 0 aliphatic heterocycles. The van der Waals surface area contributed by atoms with Gasteiger partial charge in [-0.2, -0.15) is 5.26 Å². The number of nitriles is 1. The predicted octanol–water partition coefficient (Wildman–Crippen LogP) is 3.27. The molecule has 0 saturated carbocycles. The first kappa shape index (κ1) is 14.6. The van der Waals surface area contributed by atoms with Crippen LogP contribution in [0.25, 0.3) is 0 Å². The van der Waals surface area contributed by atoms with Crippen molar-refractivity contribution in [2.24, 2.45) is 0 Å². The minimum Gasteiger partial charge on any atom is -0.496 e. The molecule has 2 aromatic rings. The summed E-state index contributed by atoms with van der Waals surface area (Å²) in [7, 11) is 1.56. The van der Waals surface area contributed by atoms with Crippen LogP contribution in [-0.2, 0) is 6.61 Å². The third-order valence-corrected chi connectivity index (χ3v) is 3.08. The lowest BCUT2D eigenvalue weighted by molar-refractivity contribution is 0.111. The van der Waals surface area contributed by atoms with Gasteiger partial charge in [0, 0.05) is 5.56 Å². The van der Waals surface area contributed by atoms with Gasteiger partial charge in [0.05, 0.1) is 24.3 Å². The van der Waals surface area contributed by atoms with Gasteiger partial charge in [-0.1, -0.05) is 11.6 Å². The van der Waals surface area contributed by atoms with Gasteiger partial charge in [0.1, 0.15) is 18.1 Å². The Bertz CT molecular complexity index is 702. The fourth-order valence-electron chi connectivity index (χ4n) is 2.01. The molecule has 2 rings (SSSR count). The molecule has 0 radical (unpaired) electrons. The van der Waals surface area contributed by atoms with Gasteiger partial charge in [0.25, 0.3) is 0 Å². The van der Waals surface area contributed by atoms with E-state index in [1.807, 2.05) is 13.0 Å². The molecule has 0 bridgehead atoms. The number of carbonyl (C=O) groups is 1. The second-order valence-corrected chi connectivity index (χ2v) is 4.59. The zero-order valence-electron chi connectivity index (χ0n) is 11.9. The number of benzene rings is 2. The Kier molecular flexibility index (Phi) is 4.57. The van der Waals surface area contributed by atoms with E-state index in [2.05, 4.69) is 6.07 Å². The Morgan fingerprint density at radius 1 is 1.19 bits per heavy atom. The molecule has 0 spiro atoms. The van der Waals surface area contributed by atoms with Crippen LogP contribution in [0.3, 0.4) is 0 Å². The van der Waals surface area contributed by atoms with E-state index in [-0.39, 0.29) is 6.61 Å². The van der Waals surface area contributed by atoms with Gasteiger partial charge in [0.15, 0.2) is 6.29 Å². The Morgan fingerprint density at radius 3 is 2.62 bits per heavy atom. The highest BCUT2D eigenvalue weighted by Crippen LogP contribution is 2.24. The number of methoxy groups -OCH3 is 1. The molecule has 106 valence electrons. The van der Waals surface area contributed by atoms with E-state index in [0.29, 0.717) is 22.6 Å². The van der Waals surface area contributed by atoms with Crippen LogP contribution >= 0.6 is 0 Å². The van der Waals surface area contributed by atoms with Crippen LogP contribution in [0.15, 0.2) is 36.4 Å². The number of carbonyl (C=O) groups excluding carboxylic acids is 1. The van der Waals surface area contributed by atoms with Crippen LogP contribution in [0.5, 0.6) is 11.5 Å². The summed E-state index contributed by atoms with van der Waals surface area (Å²) in [6.07, 6.45) is 0.769. The Balaban J connectivity index is 2.24. The van der Waals surface area contributed by atoms with Gasteiger partial charge in [0.2, 0.25) is 0 Å². The molecule has 2 aromatic carbocycles. The first-order valence-electron chi connectivity index (χ1n) is 6.43. The number of hydrogen-bond acceptors (Lipinski definition) is 4. The standard InChI is InChI=1S/C17H15NO3/c1-12-3-5-17(14(7-12)10-19)21-11-15-8-13(9-18)4-6-16(15)20-2/h3-8,10H,11H2,1-2H3. The van der Waals surface area contributed by atoms with Crippen molar-refractivity contribution >= 4 is 6.29 Å². The molecule has 0 unspecified atom stereocenters. The van der Waals surface area contributed by atoms with Crippen molar-refractivity contribution in [3.63, 3.8) is 0 Å². The monoisotopic (exact) mass is 281 g/mol. The second kappa shape index (κ2) is 6.58. The molecular weight excluding hydrogens is 266 g/mol. The maximum absolute atomic E-state index is 11.1. The SMILES string of the molecule is COc1ccc(C#N)cc1COc1ccc(C)cc1C=O. The van der Waals surface area contributed by atoms with Crippen LogP contribution < -0.4 is 9.47 Å². The number of ether oxygens (including phenoxy) is 2. The van der Waals surface area contributed by atoms with E-state index in [4.69, 9.17) is 14.7 Å². The van der Waals surface area contributed by atoms with Crippen molar-refractivity contribution < 1.29 is 14.3 Å². The van der Waals surface area contributed by atoms with Crippen molar-refractivity contribution in [2.45, 2.75) is 13.5 Å². The highest BCUT2D eigenvalue weighted by atomic mass is 16.5. The molecule has 0 N–H and O–H groups in total. The summed E-state index contributed by atoms with van der Waals surface area (Å²) in [6, 6.07) is 12.6. The summed E-state index contributed by atoms with van der Waals surface area (Å²) in [5.74, 6) is 1.16. The fourth-order valence-corrected chi connectivity index (χ4v) is 2.01. The Morgan fingerprint density at radius 2 is 1.95 bits per heavy atom. The van der Waals surface area contributed by atoms with E-state index < -0.39 is 0 Å². The second-order valence-electron chi connectivity index (χ2n) is 4.59. The molecule has 21 heavy (non-hydrogen) atoms. The van der Waals surface area contributed by atoms with E-state index in [1.165, 1.54) is 0 Å². The molecule has 0 saturated heterocycles. The van der Waals surface area contributed by atoms with Crippen molar-refractivity contribution in [3.05, 3.63) is 58.7 Å². The highest BCUT2D eigenvalue weighted by molar-refractivity contribution is 5.79. The number of aldehydes is 1. The quantitative estimate of drug-likeness (QED) is 0.789. The van der Waals surface area contributed by atoms with Crippen LogP contribution in [0.2, 0.25) is 0 Å². The fraction of sp³-hybridized carbons (Fsp3) is 0.176. The van der Waals surface area contributed by atoms with Gasteiger partial charge in [-0.25, -0.2) is 0 Å². The molecule has 0 atom stereocenters. The molecule has 0 aliphatic carbocycles. The van der Waals surface area contributed by atoms with E-state index in [0.717, 1.165) is 17.4 Å². The van der Waals surface area contributed by atoms with Crippen LogP contribution in [0, 0.1) is 18.3 Å². The minimum atomic E-state index is 0.225. The summed E-state index contributed by atoms with van der Waals surface area (Å²) >= 11 is 0. The smallest absolute Gasteiger partial charge is 0.153 e. The Labute approximate surface area is 123 Å². The van der Waals surface area contributed by atoms with Crippen molar-refractivity contribution in [2.75, 3.05) is 7.11 Å². The zero-order valence-corrected chi connectivity index (χ0v) is 11.9. The third-order valence-electron chi connectivity index (χ3n) is 3.08. The third kappa shape index (κ3) is 3.40. The van der Waals surface area contributed by atoms with E-state index >= 15 is 0 Å². The number of hydrogen-bond donors (Lipinski definition) is 0. The van der Waals surface area contributed by atoms with Gasteiger partial charge in [-0.05, 0) is 37.3 Å². The highest BCUT2D eigenvalue weighted by Gasteiger charge is 2.08. The normalized spacial score (nSPS) is 9.76. The first-order chi connectivity index (χ1) is 10.2. The lowest BCUT2D eigenvalue weighted by atomic mass is 10.1. The average molecular weight is 281 g/mol. The van der Waals surface area contributed by atoms with Crippen molar-refractivity contribution in [1.82, 2.24) is 0 Å². The number of rotatable bonds is 5. The lowest BCUT2D eigenvalue weighted by Gasteiger charge is -2.12. The van der Waals surface area contributed by atoms with Crippen LogP contribution in [0.4, 0.5) is 0 Å². The van der Waals surface area contributed by atoms with Crippen LogP contribution in [-0.4, -0.2) is 13.4 Å². The maximum atomic E-state index is 11.1. The number of aryl methyl sites for hydroxylation is 1. The van der Waals surface area contributed by atoms with E-state index in [1.54, 1.807) is 37.4 Å². The van der Waals surface area contributed by atoms with Crippen molar-refractivity contribution in [1.29, 1.82) is 5.26 Å². The molecule has 4 nitrogen and oxygen atoms in total. The van der Waals surface area contributed by atoms with E-state index in [9.17, 15) is 4.79 Å². The summed E-state index contributed by atoms with van der Waals surface area (Å²) < 4.78 is 10.9. The summed E-state index contributed by atoms with van der Waals surface area (Å²) in [5, 5.41) is 8.95. The largest absolute Gasteiger partial charge is 0.496 e. The van der Waals surface area contributed by atoms with Gasteiger partial charge < -0.3 is 9.47 Å². The summed E-state index contributed by atoms with van der Waals surface area (Å²) in [5.41, 5.74) is 2.79. The maximum Gasteiger partial charge on any atom is 0.153 e. The van der Waals surface area contributed by atoms with Gasteiger partial charge in [-0.15, -0.1) is 0 Å². The summed E-state index contributed by atoms with van der Waals surface area (Å²) in [4.78, 5) is 11.1. The summed E-state index contributed by atoms with van der Waals surface area (Å²) in [6.45, 7) is 2.14. The topological polar surface area (TPSA) is 59.3 Å². The number of nitrogens with zero attached hydrogens (tertiary/aromatic N) is 1. The molecule has 0 heterocycles. The predicted molar refractivity (Wildman–Crippen MR) is 78.6 cm³/mol. The zero-order chi connectivity index (χ0) is 15.2. The van der Waals surface area contributed by atoms with Crippen molar-refractivity contribution in [3.8, 4) is 17.6 Å². The lowest BCUT2D eigenvalue weighted by Crippen LogP contribution is -2.01. The molecule has 0 fully saturated rings. The van der Waals surface area contributed by atoms with Gasteiger partial charge >= 0.3 is 0 Å². The molecular formula is C17H15NO3. The molecule has 0 aromatic heterocycles. The molecule has 0 aliphatic rings. The first-order valence-corrected chi connectivity index (χ1v) is 6.43. The van der Waals surface area contributed by atoms with Gasteiger partial charge in [-0.3, -0.25) is 4.79 Å². The molecule has 0 amide bonds. The minimum absolute atomic E-state index is 0.225.